The SMILES string of the molecule is CC(C)[C@@H](C(=O)Nc1ccc2c(c1F)CCNC2)N(C)C.Cl.Cl. The van der Waals surface area contributed by atoms with Crippen LogP contribution in [-0.2, 0) is 17.8 Å². The van der Waals surface area contributed by atoms with E-state index in [2.05, 4.69) is 10.6 Å². The maximum Gasteiger partial charge on any atom is 0.242 e. The number of carbonyl (C=O) groups excluding carboxylic acids is 1. The highest BCUT2D eigenvalue weighted by molar-refractivity contribution is 5.95. The van der Waals surface area contributed by atoms with Gasteiger partial charge >= 0.3 is 0 Å². The summed E-state index contributed by atoms with van der Waals surface area (Å²) in [4.78, 5) is 14.2. The molecule has 1 amide bonds. The summed E-state index contributed by atoms with van der Waals surface area (Å²) in [6, 6.07) is 3.27. The molecule has 23 heavy (non-hydrogen) atoms. The Morgan fingerprint density at radius 1 is 1.30 bits per heavy atom. The molecule has 0 saturated heterocycles. The summed E-state index contributed by atoms with van der Waals surface area (Å²) in [5, 5.41) is 5.96. The number of benzene rings is 1. The molecule has 0 saturated carbocycles. The Morgan fingerprint density at radius 3 is 2.52 bits per heavy atom. The third kappa shape index (κ3) is 5.05. The minimum Gasteiger partial charge on any atom is -0.322 e. The van der Waals surface area contributed by atoms with Gasteiger partial charge in [-0.05, 0) is 50.2 Å². The van der Waals surface area contributed by atoms with Crippen molar-refractivity contribution in [3.63, 3.8) is 0 Å². The van der Waals surface area contributed by atoms with Crippen molar-refractivity contribution in [3.8, 4) is 0 Å². The summed E-state index contributed by atoms with van der Waals surface area (Å²) in [7, 11) is 3.72. The molecule has 1 aromatic rings. The van der Waals surface area contributed by atoms with Crippen LogP contribution in [0.5, 0.6) is 0 Å². The Hall–Kier alpha value is -0.880. The number of nitrogens with one attached hydrogen (secondary N) is 2. The smallest absolute Gasteiger partial charge is 0.242 e. The van der Waals surface area contributed by atoms with Crippen LogP contribution in [0.25, 0.3) is 0 Å². The molecule has 0 radical (unpaired) electrons. The number of anilines is 1. The fourth-order valence-electron chi connectivity index (χ4n) is 2.97. The van der Waals surface area contributed by atoms with E-state index in [-0.39, 0.29) is 54.2 Å². The first-order valence-electron chi connectivity index (χ1n) is 7.40. The van der Waals surface area contributed by atoms with E-state index in [1.165, 1.54) is 0 Å². The van der Waals surface area contributed by atoms with E-state index in [1.54, 1.807) is 6.07 Å². The van der Waals surface area contributed by atoms with Crippen molar-refractivity contribution in [2.45, 2.75) is 32.9 Å². The van der Waals surface area contributed by atoms with E-state index >= 15 is 0 Å². The second kappa shape index (κ2) is 9.42. The molecule has 7 heteroatoms. The number of amides is 1. The van der Waals surface area contributed by atoms with Crippen molar-refractivity contribution < 1.29 is 9.18 Å². The standard InChI is InChI=1S/C16H24FN3O.2ClH/c1-10(2)15(20(3)4)16(21)19-13-6-5-11-9-18-8-7-12(11)14(13)17;;/h5-6,10,15,18H,7-9H2,1-4H3,(H,19,21);2*1H/t15-;;/m0../s1. The van der Waals surface area contributed by atoms with E-state index in [4.69, 9.17) is 0 Å². The Morgan fingerprint density at radius 2 is 1.96 bits per heavy atom. The summed E-state index contributed by atoms with van der Waals surface area (Å²) < 4.78 is 14.5. The topological polar surface area (TPSA) is 44.4 Å². The minimum atomic E-state index is -0.288. The lowest BCUT2D eigenvalue weighted by Crippen LogP contribution is -2.43. The first kappa shape index (κ1) is 22.1. The zero-order valence-electron chi connectivity index (χ0n) is 14.0. The lowest BCUT2D eigenvalue weighted by Gasteiger charge is -2.27. The van der Waals surface area contributed by atoms with E-state index in [9.17, 15) is 9.18 Å². The van der Waals surface area contributed by atoms with Gasteiger partial charge in [0.25, 0.3) is 0 Å². The number of carbonyl (C=O) groups is 1. The highest BCUT2D eigenvalue weighted by atomic mass is 35.5. The van der Waals surface area contributed by atoms with Gasteiger partial charge < -0.3 is 10.6 Å². The normalized spacial score (nSPS) is 14.6. The number of rotatable bonds is 4. The monoisotopic (exact) mass is 365 g/mol. The maximum atomic E-state index is 14.5. The molecule has 1 aromatic carbocycles. The zero-order valence-corrected chi connectivity index (χ0v) is 15.6. The van der Waals surface area contributed by atoms with Crippen molar-refractivity contribution in [2.75, 3.05) is 26.0 Å². The summed E-state index contributed by atoms with van der Waals surface area (Å²) in [6.07, 6.45) is 0.659. The Kier molecular flexibility index (Phi) is 9.06. The predicted octanol–water partition coefficient (Wildman–Crippen LogP) is 2.84. The number of hydrogen-bond acceptors (Lipinski definition) is 3. The fourth-order valence-corrected chi connectivity index (χ4v) is 2.97. The first-order chi connectivity index (χ1) is 9.91. The molecule has 0 unspecified atom stereocenters. The van der Waals surface area contributed by atoms with Gasteiger partial charge in [-0.3, -0.25) is 9.69 Å². The molecule has 0 spiro atoms. The number of fused-ring (bicyclic) bond motifs is 1. The van der Waals surface area contributed by atoms with Gasteiger partial charge in [0.2, 0.25) is 5.91 Å². The Labute approximate surface area is 150 Å². The molecule has 4 nitrogen and oxygen atoms in total. The van der Waals surface area contributed by atoms with E-state index in [0.717, 1.165) is 17.7 Å². The molecule has 1 atom stereocenters. The van der Waals surface area contributed by atoms with Crippen LogP contribution in [0.1, 0.15) is 25.0 Å². The first-order valence-corrected chi connectivity index (χ1v) is 7.40. The van der Waals surface area contributed by atoms with E-state index in [1.807, 2.05) is 38.9 Å². The lowest BCUT2D eigenvalue weighted by molar-refractivity contribution is -0.121. The van der Waals surface area contributed by atoms with Crippen LogP contribution in [0.3, 0.4) is 0 Å². The van der Waals surface area contributed by atoms with Gasteiger partial charge in [-0.25, -0.2) is 4.39 Å². The largest absolute Gasteiger partial charge is 0.322 e. The molecule has 2 N–H and O–H groups in total. The molecular weight excluding hydrogens is 340 g/mol. The fraction of sp³-hybridized carbons (Fsp3) is 0.562. The molecule has 0 fully saturated rings. The highest BCUT2D eigenvalue weighted by Crippen LogP contribution is 2.25. The van der Waals surface area contributed by atoms with Gasteiger partial charge in [-0.1, -0.05) is 19.9 Å². The van der Waals surface area contributed by atoms with Crippen molar-refractivity contribution in [2.24, 2.45) is 5.92 Å². The molecule has 2 rings (SSSR count). The Balaban J connectivity index is 0.00000242. The molecule has 1 aliphatic heterocycles. The molecule has 0 aliphatic carbocycles. The van der Waals surface area contributed by atoms with Gasteiger partial charge in [0, 0.05) is 6.54 Å². The Bertz CT molecular complexity index is 530. The second-order valence-corrected chi connectivity index (χ2v) is 6.13. The average molecular weight is 366 g/mol. The molecule has 1 aliphatic rings. The van der Waals surface area contributed by atoms with Gasteiger partial charge in [0.15, 0.2) is 0 Å². The molecule has 132 valence electrons. The van der Waals surface area contributed by atoms with Crippen LogP contribution in [-0.4, -0.2) is 37.5 Å². The summed E-state index contributed by atoms with van der Waals surface area (Å²) in [6.45, 7) is 5.43. The van der Waals surface area contributed by atoms with E-state index in [0.29, 0.717) is 13.0 Å². The lowest BCUT2D eigenvalue weighted by atomic mass is 9.98. The number of likely N-dealkylation sites (N-methyl/N-ethyl adjacent to an activating group) is 1. The quantitative estimate of drug-likeness (QED) is 0.861. The summed E-state index contributed by atoms with van der Waals surface area (Å²) >= 11 is 0. The predicted molar refractivity (Wildman–Crippen MR) is 97.2 cm³/mol. The summed E-state index contributed by atoms with van der Waals surface area (Å²) in [5.41, 5.74) is 1.98. The van der Waals surface area contributed by atoms with Crippen molar-refractivity contribution >= 4 is 36.4 Å². The number of hydrogen-bond donors (Lipinski definition) is 2. The van der Waals surface area contributed by atoms with Crippen LogP contribution >= 0.6 is 24.8 Å². The third-order valence-corrected chi connectivity index (χ3v) is 3.92. The van der Waals surface area contributed by atoms with Crippen molar-refractivity contribution in [1.29, 1.82) is 0 Å². The minimum absolute atomic E-state index is 0. The number of nitrogens with zero attached hydrogens (tertiary/aromatic N) is 1. The molecule has 0 aromatic heterocycles. The van der Waals surface area contributed by atoms with E-state index < -0.39 is 0 Å². The second-order valence-electron chi connectivity index (χ2n) is 6.13. The van der Waals surface area contributed by atoms with Gasteiger partial charge in [-0.15, -0.1) is 24.8 Å². The molecule has 0 bridgehead atoms. The number of halogens is 3. The van der Waals surface area contributed by atoms with Crippen LogP contribution in [0.2, 0.25) is 0 Å². The van der Waals surface area contributed by atoms with Gasteiger partial charge in [0.05, 0.1) is 11.7 Å². The van der Waals surface area contributed by atoms with Gasteiger partial charge in [0.1, 0.15) is 5.82 Å². The summed E-state index contributed by atoms with van der Waals surface area (Å²) in [5.74, 6) is -0.295. The van der Waals surface area contributed by atoms with Crippen LogP contribution in [0, 0.1) is 11.7 Å². The van der Waals surface area contributed by atoms with Gasteiger partial charge in [-0.2, -0.15) is 0 Å². The molecule has 1 heterocycles. The van der Waals surface area contributed by atoms with Crippen LogP contribution in [0.4, 0.5) is 10.1 Å². The van der Waals surface area contributed by atoms with Crippen molar-refractivity contribution in [1.82, 2.24) is 10.2 Å². The van der Waals surface area contributed by atoms with Crippen LogP contribution in [0.15, 0.2) is 12.1 Å². The molecular formula is C16H26Cl2FN3O. The zero-order chi connectivity index (χ0) is 15.6. The van der Waals surface area contributed by atoms with Crippen molar-refractivity contribution in [3.05, 3.63) is 29.1 Å². The third-order valence-electron chi connectivity index (χ3n) is 3.92. The average Bonchev–Trinajstić information content (AvgIpc) is 2.41. The van der Waals surface area contributed by atoms with Crippen LogP contribution < -0.4 is 10.6 Å². The maximum absolute atomic E-state index is 14.5. The highest BCUT2D eigenvalue weighted by Gasteiger charge is 2.26.